The maximum absolute atomic E-state index is 12.4. The van der Waals surface area contributed by atoms with Crippen molar-refractivity contribution in [2.75, 3.05) is 25.3 Å². The van der Waals surface area contributed by atoms with Gasteiger partial charge in [0.1, 0.15) is 17.2 Å². The molecule has 0 aliphatic rings. The van der Waals surface area contributed by atoms with Crippen molar-refractivity contribution in [1.29, 1.82) is 0 Å². The molecule has 0 saturated carbocycles. The second-order valence-electron chi connectivity index (χ2n) is 6.74. The standard InChI is InChI=1S/C23H26N4O4S/c1-5-13-27-22(16(2)31-20-8-6-7-19(14-20)30-4)25-26-23(27)32-15-21(28)24-17-9-11-18(29-3)12-10-17/h5-12,14,16H,1,13,15H2,2-4H3,(H,24,28). The lowest BCUT2D eigenvalue weighted by Gasteiger charge is -2.16. The minimum absolute atomic E-state index is 0.143. The molecule has 1 N–H and O–H groups in total. The van der Waals surface area contributed by atoms with Crippen LogP contribution in [0.4, 0.5) is 5.69 Å². The number of allylic oxidation sites excluding steroid dienone is 1. The van der Waals surface area contributed by atoms with Crippen LogP contribution in [0.3, 0.4) is 0 Å². The summed E-state index contributed by atoms with van der Waals surface area (Å²) in [6, 6.07) is 14.5. The highest BCUT2D eigenvalue weighted by Crippen LogP contribution is 2.27. The van der Waals surface area contributed by atoms with E-state index in [0.717, 1.165) is 5.75 Å². The van der Waals surface area contributed by atoms with Crippen LogP contribution >= 0.6 is 11.8 Å². The Hall–Kier alpha value is -3.46. The van der Waals surface area contributed by atoms with Gasteiger partial charge in [0.15, 0.2) is 17.1 Å². The van der Waals surface area contributed by atoms with Gasteiger partial charge in [-0.15, -0.1) is 16.8 Å². The number of thioether (sulfide) groups is 1. The molecule has 0 radical (unpaired) electrons. The van der Waals surface area contributed by atoms with Crippen molar-refractivity contribution in [3.05, 3.63) is 67.0 Å². The van der Waals surface area contributed by atoms with Gasteiger partial charge in [0.2, 0.25) is 5.91 Å². The van der Waals surface area contributed by atoms with Gasteiger partial charge < -0.3 is 19.5 Å². The van der Waals surface area contributed by atoms with E-state index < -0.39 is 0 Å². The smallest absolute Gasteiger partial charge is 0.234 e. The molecule has 0 aliphatic heterocycles. The number of benzene rings is 2. The quantitative estimate of drug-likeness (QED) is 0.340. The lowest BCUT2D eigenvalue weighted by molar-refractivity contribution is -0.113. The van der Waals surface area contributed by atoms with Gasteiger partial charge in [0.05, 0.1) is 20.0 Å². The third-order valence-corrected chi connectivity index (χ3v) is 5.45. The van der Waals surface area contributed by atoms with Crippen LogP contribution < -0.4 is 19.5 Å². The first-order valence-electron chi connectivity index (χ1n) is 9.95. The maximum atomic E-state index is 12.4. The van der Waals surface area contributed by atoms with Gasteiger partial charge in [0, 0.05) is 18.3 Å². The van der Waals surface area contributed by atoms with E-state index >= 15 is 0 Å². The number of hydrogen-bond acceptors (Lipinski definition) is 7. The Morgan fingerprint density at radius 3 is 2.53 bits per heavy atom. The molecular weight excluding hydrogens is 428 g/mol. The van der Waals surface area contributed by atoms with Crippen LogP contribution in [0.25, 0.3) is 0 Å². The second-order valence-corrected chi connectivity index (χ2v) is 7.69. The summed E-state index contributed by atoms with van der Waals surface area (Å²) in [4.78, 5) is 12.4. The van der Waals surface area contributed by atoms with Crippen molar-refractivity contribution in [2.45, 2.75) is 24.7 Å². The number of hydrogen-bond donors (Lipinski definition) is 1. The first-order valence-corrected chi connectivity index (χ1v) is 10.9. The van der Waals surface area contributed by atoms with Crippen molar-refractivity contribution in [3.8, 4) is 17.2 Å². The third kappa shape index (κ3) is 6.04. The lowest BCUT2D eigenvalue weighted by atomic mass is 10.3. The van der Waals surface area contributed by atoms with Crippen molar-refractivity contribution < 1.29 is 19.0 Å². The van der Waals surface area contributed by atoms with Gasteiger partial charge in [-0.25, -0.2) is 0 Å². The molecule has 0 spiro atoms. The Bertz CT molecular complexity index is 1050. The van der Waals surface area contributed by atoms with Crippen molar-refractivity contribution >= 4 is 23.4 Å². The molecule has 8 nitrogen and oxygen atoms in total. The second kappa shape index (κ2) is 11.2. The topological polar surface area (TPSA) is 87.5 Å². The van der Waals surface area contributed by atoms with Crippen molar-refractivity contribution in [3.63, 3.8) is 0 Å². The highest BCUT2D eigenvalue weighted by atomic mass is 32.2. The zero-order valence-electron chi connectivity index (χ0n) is 18.3. The number of carbonyl (C=O) groups excluding carboxylic acids is 1. The predicted molar refractivity (Wildman–Crippen MR) is 125 cm³/mol. The fourth-order valence-corrected chi connectivity index (χ4v) is 3.70. The van der Waals surface area contributed by atoms with Gasteiger partial charge >= 0.3 is 0 Å². The van der Waals surface area contributed by atoms with Gasteiger partial charge in [-0.3, -0.25) is 9.36 Å². The molecule has 1 amide bonds. The summed E-state index contributed by atoms with van der Waals surface area (Å²) >= 11 is 1.30. The summed E-state index contributed by atoms with van der Waals surface area (Å²) in [5.74, 6) is 2.79. The number of amides is 1. The van der Waals surface area contributed by atoms with E-state index in [1.165, 1.54) is 11.8 Å². The van der Waals surface area contributed by atoms with Crippen LogP contribution in [-0.4, -0.2) is 40.6 Å². The number of aromatic nitrogens is 3. The third-order valence-electron chi connectivity index (χ3n) is 4.48. The number of rotatable bonds is 11. The van der Waals surface area contributed by atoms with Crippen LogP contribution in [-0.2, 0) is 11.3 Å². The molecule has 2 aromatic carbocycles. The van der Waals surface area contributed by atoms with Gasteiger partial charge in [-0.2, -0.15) is 0 Å². The molecule has 168 valence electrons. The molecule has 0 bridgehead atoms. The Morgan fingerprint density at radius 1 is 1.12 bits per heavy atom. The normalized spacial score (nSPS) is 11.5. The summed E-state index contributed by atoms with van der Waals surface area (Å²) in [5, 5.41) is 12.0. The molecule has 1 heterocycles. The molecule has 1 aromatic heterocycles. The van der Waals surface area contributed by atoms with Gasteiger partial charge in [-0.1, -0.05) is 23.9 Å². The first kappa shape index (κ1) is 23.2. The van der Waals surface area contributed by atoms with E-state index in [-0.39, 0.29) is 17.8 Å². The van der Waals surface area contributed by atoms with Crippen molar-refractivity contribution in [2.24, 2.45) is 0 Å². The zero-order chi connectivity index (χ0) is 22.9. The predicted octanol–water partition coefficient (Wildman–Crippen LogP) is 4.35. The highest BCUT2D eigenvalue weighted by molar-refractivity contribution is 7.99. The summed E-state index contributed by atoms with van der Waals surface area (Å²) in [6.07, 6.45) is 1.39. The molecular formula is C23H26N4O4S. The van der Waals surface area contributed by atoms with Crippen LogP contribution in [0, 0.1) is 0 Å². The maximum Gasteiger partial charge on any atom is 0.234 e. The Kier molecular flexibility index (Phi) is 8.15. The summed E-state index contributed by atoms with van der Waals surface area (Å²) in [5.41, 5.74) is 0.699. The SMILES string of the molecule is C=CCn1c(SCC(=O)Nc2ccc(OC)cc2)nnc1C(C)Oc1cccc(OC)c1. The fraction of sp³-hybridized carbons (Fsp3) is 0.261. The minimum Gasteiger partial charge on any atom is -0.497 e. The van der Waals surface area contributed by atoms with E-state index in [1.807, 2.05) is 35.8 Å². The van der Waals surface area contributed by atoms with E-state index in [0.29, 0.717) is 34.7 Å². The van der Waals surface area contributed by atoms with Gasteiger partial charge in [-0.05, 0) is 43.3 Å². The fourth-order valence-electron chi connectivity index (χ4n) is 2.94. The molecule has 0 saturated heterocycles. The number of methoxy groups -OCH3 is 2. The zero-order valence-corrected chi connectivity index (χ0v) is 19.1. The average Bonchev–Trinajstić information content (AvgIpc) is 3.21. The number of carbonyl (C=O) groups is 1. The monoisotopic (exact) mass is 454 g/mol. The molecule has 3 rings (SSSR count). The summed E-state index contributed by atoms with van der Waals surface area (Å²) in [7, 11) is 3.21. The van der Waals surface area contributed by atoms with Crippen molar-refractivity contribution in [1.82, 2.24) is 14.8 Å². The van der Waals surface area contributed by atoms with Gasteiger partial charge in [0.25, 0.3) is 0 Å². The lowest BCUT2D eigenvalue weighted by Crippen LogP contribution is -2.15. The molecule has 1 unspecified atom stereocenters. The average molecular weight is 455 g/mol. The summed E-state index contributed by atoms with van der Waals surface area (Å²) < 4.78 is 18.3. The largest absolute Gasteiger partial charge is 0.497 e. The number of nitrogens with zero attached hydrogens (tertiary/aromatic N) is 3. The number of anilines is 1. The van der Waals surface area contributed by atoms with Crippen LogP contribution in [0.2, 0.25) is 0 Å². The van der Waals surface area contributed by atoms with E-state index in [9.17, 15) is 4.79 Å². The molecule has 1 atom stereocenters. The molecule has 0 fully saturated rings. The van der Waals surface area contributed by atoms with Crippen LogP contribution in [0.15, 0.2) is 66.3 Å². The highest BCUT2D eigenvalue weighted by Gasteiger charge is 2.20. The van der Waals surface area contributed by atoms with Crippen LogP contribution in [0.5, 0.6) is 17.2 Å². The molecule has 0 aliphatic carbocycles. The minimum atomic E-state index is -0.364. The Labute approximate surface area is 191 Å². The van der Waals surface area contributed by atoms with Crippen LogP contribution in [0.1, 0.15) is 18.9 Å². The molecule has 9 heteroatoms. The number of ether oxygens (including phenoxy) is 3. The van der Waals surface area contributed by atoms with E-state index in [4.69, 9.17) is 14.2 Å². The molecule has 3 aromatic rings. The number of nitrogens with one attached hydrogen (secondary N) is 1. The Morgan fingerprint density at radius 2 is 1.84 bits per heavy atom. The summed E-state index contributed by atoms with van der Waals surface area (Å²) in [6.45, 7) is 6.21. The van der Waals surface area contributed by atoms with E-state index in [2.05, 4.69) is 22.1 Å². The first-order chi connectivity index (χ1) is 15.5. The Balaban J connectivity index is 1.65. The van der Waals surface area contributed by atoms with E-state index in [1.54, 1.807) is 44.6 Å². The molecule has 32 heavy (non-hydrogen) atoms.